The fraction of sp³-hybridized carbons (Fsp3) is 0.194. The van der Waals surface area contributed by atoms with Crippen molar-refractivity contribution < 1.29 is 0 Å². The van der Waals surface area contributed by atoms with E-state index in [1.54, 1.807) is 0 Å². The van der Waals surface area contributed by atoms with Crippen LogP contribution in [0.1, 0.15) is 104 Å². The lowest BCUT2D eigenvalue weighted by Crippen LogP contribution is -2.34. The Kier molecular flexibility index (Phi) is 8.68. The number of benzene rings is 9. The maximum absolute atomic E-state index is 2.62. The molecule has 0 fully saturated rings. The van der Waals surface area contributed by atoms with E-state index in [4.69, 9.17) is 0 Å². The molecular formula is C67H57N. The first-order chi connectivity index (χ1) is 32.9. The number of aryl methyl sites for hydroxylation is 1. The number of fused-ring (bicyclic) bond motifs is 14. The molecule has 0 N–H and O–H groups in total. The van der Waals surface area contributed by atoms with Crippen LogP contribution in [0.25, 0.3) is 55.6 Å². The molecule has 0 aromatic heterocycles. The zero-order valence-electron chi connectivity index (χ0n) is 40.3. The second-order valence-electron chi connectivity index (χ2n) is 21.9. The maximum atomic E-state index is 2.62. The molecule has 0 aliphatic heterocycles. The zero-order chi connectivity index (χ0) is 46.3. The third-order valence-corrected chi connectivity index (χ3v) is 16.9. The van der Waals surface area contributed by atoms with E-state index in [0.29, 0.717) is 0 Å². The lowest BCUT2D eigenvalue weighted by Gasteiger charge is -2.42. The summed E-state index contributed by atoms with van der Waals surface area (Å²) >= 11 is 0. The molecule has 330 valence electrons. The molecule has 0 heterocycles. The minimum Gasteiger partial charge on any atom is -0.310 e. The monoisotopic (exact) mass is 875 g/mol. The fourth-order valence-corrected chi connectivity index (χ4v) is 13.2. The van der Waals surface area contributed by atoms with Gasteiger partial charge in [0.15, 0.2) is 0 Å². The molecule has 1 nitrogen and oxygen atoms in total. The van der Waals surface area contributed by atoms with Gasteiger partial charge in [-0.3, -0.25) is 0 Å². The number of hydrogen-bond donors (Lipinski definition) is 0. The summed E-state index contributed by atoms with van der Waals surface area (Å²) in [5.74, 6) is 0. The third kappa shape index (κ3) is 5.63. The van der Waals surface area contributed by atoms with E-state index in [1.807, 2.05) is 0 Å². The van der Waals surface area contributed by atoms with Crippen LogP contribution in [0.3, 0.4) is 0 Å². The number of hydrogen-bond acceptors (Lipinski definition) is 1. The van der Waals surface area contributed by atoms with Gasteiger partial charge >= 0.3 is 0 Å². The van der Waals surface area contributed by atoms with Crippen LogP contribution < -0.4 is 4.90 Å². The topological polar surface area (TPSA) is 3.24 Å². The maximum Gasteiger partial charge on any atom is 0.0726 e. The first-order valence-electron chi connectivity index (χ1n) is 24.7. The molecule has 4 aliphatic rings. The first kappa shape index (κ1) is 41.0. The predicted molar refractivity (Wildman–Crippen MR) is 286 cm³/mol. The van der Waals surface area contributed by atoms with Crippen LogP contribution in [0.5, 0.6) is 0 Å². The summed E-state index contributed by atoms with van der Waals surface area (Å²) in [4.78, 5) is 2.60. The predicted octanol–water partition coefficient (Wildman–Crippen LogP) is 17.8. The van der Waals surface area contributed by atoms with Crippen molar-refractivity contribution in [2.45, 2.75) is 83.0 Å². The molecule has 1 spiro atoms. The minimum atomic E-state index is -0.492. The third-order valence-electron chi connectivity index (χ3n) is 16.9. The summed E-state index contributed by atoms with van der Waals surface area (Å²) in [6, 6.07) is 74.4. The van der Waals surface area contributed by atoms with Crippen LogP contribution >= 0.6 is 0 Å². The Labute approximate surface area is 402 Å². The standard InChI is InChI=1S/C67H57N/c1-42-37-61-62(65(4,5)36-35-64(61,2)3)40-52(42)54-39-53-50-24-14-18-28-58(50)67(56-26-16-12-22-48(56)49-23-13-17-27-57(49)67)60(53)41-63(54)68(45-31-29-44(30-32-45)43-19-9-8-10-20-43)46-33-34-51-47-21-11-15-25-55(47)66(6,7)59(51)38-46/h8-34,37-41H,35-36H2,1-7H3. The Hall–Kier alpha value is -7.22. The van der Waals surface area contributed by atoms with Gasteiger partial charge in [-0.15, -0.1) is 0 Å². The van der Waals surface area contributed by atoms with E-state index < -0.39 is 5.41 Å². The van der Waals surface area contributed by atoms with E-state index >= 15 is 0 Å². The average Bonchev–Trinajstić information content (AvgIpc) is 3.91. The van der Waals surface area contributed by atoms with Gasteiger partial charge in [0.05, 0.1) is 11.1 Å². The largest absolute Gasteiger partial charge is 0.310 e. The number of nitrogens with zero attached hydrogens (tertiary/aromatic N) is 1. The normalized spacial score (nSPS) is 16.5. The SMILES string of the molecule is Cc1cc2c(cc1-c1cc3c(cc1N(c1ccc(-c4ccccc4)cc1)c1ccc4c(c1)C(C)(C)c1ccccc1-4)C1(c4ccccc4-c4ccccc41)c1ccccc1-3)C(C)(C)CCC2(C)C. The van der Waals surface area contributed by atoms with Crippen molar-refractivity contribution in [3.8, 4) is 55.6 Å². The molecule has 1 heteroatoms. The van der Waals surface area contributed by atoms with Crippen LogP contribution in [-0.4, -0.2) is 0 Å². The Bertz CT molecular complexity index is 3500. The highest BCUT2D eigenvalue weighted by molar-refractivity contribution is 6.01. The minimum absolute atomic E-state index is 0.0473. The Morgan fingerprint density at radius 2 is 0.794 bits per heavy atom. The van der Waals surface area contributed by atoms with E-state index in [2.05, 4.69) is 247 Å². The molecule has 0 amide bonds. The van der Waals surface area contributed by atoms with Gasteiger partial charge in [0, 0.05) is 22.4 Å². The van der Waals surface area contributed by atoms with Gasteiger partial charge in [0.2, 0.25) is 0 Å². The van der Waals surface area contributed by atoms with Crippen LogP contribution in [-0.2, 0) is 21.7 Å². The molecule has 0 saturated heterocycles. The van der Waals surface area contributed by atoms with Crippen molar-refractivity contribution >= 4 is 17.1 Å². The van der Waals surface area contributed by atoms with E-state index in [0.717, 1.165) is 17.8 Å². The summed E-state index contributed by atoms with van der Waals surface area (Å²) in [5.41, 5.74) is 28.3. The fourth-order valence-electron chi connectivity index (χ4n) is 13.2. The molecule has 68 heavy (non-hydrogen) atoms. The first-order valence-corrected chi connectivity index (χ1v) is 24.7. The van der Waals surface area contributed by atoms with Crippen molar-refractivity contribution in [2.75, 3.05) is 4.90 Å². The van der Waals surface area contributed by atoms with Crippen LogP contribution in [0, 0.1) is 6.92 Å². The molecule has 9 aromatic rings. The second kappa shape index (κ2) is 14.4. The smallest absolute Gasteiger partial charge is 0.0726 e. The van der Waals surface area contributed by atoms with Crippen molar-refractivity contribution in [2.24, 2.45) is 0 Å². The summed E-state index contributed by atoms with van der Waals surface area (Å²) in [6.07, 6.45) is 2.34. The molecule has 4 aliphatic carbocycles. The van der Waals surface area contributed by atoms with E-state index in [9.17, 15) is 0 Å². The molecule has 0 radical (unpaired) electrons. The molecule has 0 saturated carbocycles. The lowest BCUT2D eigenvalue weighted by atomic mass is 9.62. The van der Waals surface area contributed by atoms with Gasteiger partial charge in [-0.1, -0.05) is 193 Å². The van der Waals surface area contributed by atoms with Crippen LogP contribution in [0.15, 0.2) is 194 Å². The summed E-state index contributed by atoms with van der Waals surface area (Å²) in [6.45, 7) is 17.0. The van der Waals surface area contributed by atoms with Crippen LogP contribution in [0.2, 0.25) is 0 Å². The lowest BCUT2D eigenvalue weighted by molar-refractivity contribution is 0.332. The highest BCUT2D eigenvalue weighted by Crippen LogP contribution is 2.65. The Morgan fingerprint density at radius 3 is 1.40 bits per heavy atom. The molecular weight excluding hydrogens is 819 g/mol. The van der Waals surface area contributed by atoms with E-state index in [-0.39, 0.29) is 16.2 Å². The molecule has 9 aromatic carbocycles. The number of rotatable bonds is 5. The molecule has 0 unspecified atom stereocenters. The summed E-state index contributed by atoms with van der Waals surface area (Å²) < 4.78 is 0. The van der Waals surface area contributed by atoms with Crippen molar-refractivity contribution in [1.29, 1.82) is 0 Å². The van der Waals surface area contributed by atoms with E-state index in [1.165, 1.54) is 118 Å². The van der Waals surface area contributed by atoms with Gasteiger partial charge in [-0.2, -0.15) is 0 Å². The van der Waals surface area contributed by atoms with Crippen molar-refractivity contribution in [3.05, 3.63) is 244 Å². The Balaban J connectivity index is 1.15. The Morgan fingerprint density at radius 1 is 0.324 bits per heavy atom. The quantitative estimate of drug-likeness (QED) is 0.167. The highest BCUT2D eigenvalue weighted by atomic mass is 15.1. The van der Waals surface area contributed by atoms with Crippen LogP contribution in [0.4, 0.5) is 17.1 Å². The van der Waals surface area contributed by atoms with Gasteiger partial charge in [-0.05, 0) is 173 Å². The van der Waals surface area contributed by atoms with Gasteiger partial charge in [0.25, 0.3) is 0 Å². The summed E-state index contributed by atoms with van der Waals surface area (Å²) in [5, 5.41) is 0. The highest BCUT2D eigenvalue weighted by Gasteiger charge is 2.52. The number of anilines is 3. The summed E-state index contributed by atoms with van der Waals surface area (Å²) in [7, 11) is 0. The average molecular weight is 876 g/mol. The van der Waals surface area contributed by atoms with Crippen molar-refractivity contribution in [3.63, 3.8) is 0 Å². The molecule has 13 rings (SSSR count). The molecule has 0 atom stereocenters. The zero-order valence-corrected chi connectivity index (χ0v) is 40.3. The molecule has 0 bridgehead atoms. The second-order valence-corrected chi connectivity index (χ2v) is 21.9. The van der Waals surface area contributed by atoms with Gasteiger partial charge in [0.1, 0.15) is 0 Å². The van der Waals surface area contributed by atoms with Gasteiger partial charge < -0.3 is 4.90 Å². The van der Waals surface area contributed by atoms with Crippen molar-refractivity contribution in [1.82, 2.24) is 0 Å². The van der Waals surface area contributed by atoms with Gasteiger partial charge in [-0.25, -0.2) is 0 Å².